The van der Waals surface area contributed by atoms with E-state index in [4.69, 9.17) is 21.1 Å². The number of rotatable bonds is 4. The van der Waals surface area contributed by atoms with Crippen LogP contribution >= 0.6 is 11.6 Å². The Labute approximate surface area is 149 Å². The molecule has 0 fully saturated rings. The lowest BCUT2D eigenvalue weighted by molar-refractivity contribution is -0.115. The van der Waals surface area contributed by atoms with E-state index in [1.807, 2.05) is 0 Å². The van der Waals surface area contributed by atoms with Gasteiger partial charge in [-0.2, -0.15) is 0 Å². The zero-order chi connectivity index (χ0) is 17.8. The van der Waals surface area contributed by atoms with Gasteiger partial charge in [-0.15, -0.1) is 11.6 Å². The summed E-state index contributed by atoms with van der Waals surface area (Å²) in [4.78, 5) is 25.4. The number of fused-ring (bicyclic) bond motifs is 1. The predicted octanol–water partition coefficient (Wildman–Crippen LogP) is 3.15. The van der Waals surface area contributed by atoms with Gasteiger partial charge in [0.05, 0.1) is 18.4 Å². The minimum Gasteiger partial charge on any atom is -0.486 e. The summed E-state index contributed by atoms with van der Waals surface area (Å²) in [6.45, 7) is 0.944. The summed E-state index contributed by atoms with van der Waals surface area (Å²) in [6.07, 6.45) is 0. The Morgan fingerprint density at radius 1 is 1.04 bits per heavy atom. The van der Waals surface area contributed by atoms with Crippen molar-refractivity contribution in [2.24, 2.45) is 0 Å². The monoisotopic (exact) mass is 361 g/mol. The van der Waals surface area contributed by atoms with Gasteiger partial charge in [0.15, 0.2) is 11.5 Å². The van der Waals surface area contributed by atoms with Gasteiger partial charge in [-0.25, -0.2) is 4.79 Å². The van der Waals surface area contributed by atoms with Crippen molar-refractivity contribution in [3.8, 4) is 11.5 Å². The lowest BCUT2D eigenvalue weighted by Crippen LogP contribution is -2.27. The summed E-state index contributed by atoms with van der Waals surface area (Å²) in [5.74, 6) is 0.273. The molecule has 2 aromatic carbocycles. The van der Waals surface area contributed by atoms with Crippen molar-refractivity contribution >= 4 is 34.9 Å². The largest absolute Gasteiger partial charge is 0.486 e. The van der Waals surface area contributed by atoms with Crippen LogP contribution in [0.15, 0.2) is 42.5 Å². The first kappa shape index (κ1) is 17.1. The Balaban J connectivity index is 1.98. The average molecular weight is 362 g/mol. The van der Waals surface area contributed by atoms with Crippen molar-refractivity contribution < 1.29 is 23.8 Å². The molecule has 0 N–H and O–H groups in total. The smallest absolute Gasteiger partial charge is 0.337 e. The Bertz CT molecular complexity index is 791. The molecule has 0 radical (unpaired) electrons. The molecule has 1 amide bonds. The fourth-order valence-corrected chi connectivity index (χ4v) is 2.65. The number of carbonyl (C=O) groups excluding carboxylic acids is 2. The summed E-state index contributed by atoms with van der Waals surface area (Å²) in [6, 6.07) is 11.7. The number of hydrogen-bond acceptors (Lipinski definition) is 5. The Morgan fingerprint density at radius 3 is 2.32 bits per heavy atom. The van der Waals surface area contributed by atoms with Gasteiger partial charge >= 0.3 is 5.97 Å². The van der Waals surface area contributed by atoms with E-state index in [1.54, 1.807) is 42.5 Å². The SMILES string of the molecule is COC(=O)c1ccc(N(C(=O)CCl)c2ccc3c(c2)OCCO3)cc1. The van der Waals surface area contributed by atoms with E-state index in [1.165, 1.54) is 12.0 Å². The Kier molecular flexibility index (Phi) is 5.09. The highest BCUT2D eigenvalue weighted by atomic mass is 35.5. The highest BCUT2D eigenvalue weighted by molar-refractivity contribution is 6.30. The van der Waals surface area contributed by atoms with E-state index in [2.05, 4.69) is 4.74 Å². The third-order valence-electron chi connectivity index (χ3n) is 3.69. The summed E-state index contributed by atoms with van der Waals surface area (Å²) in [5.41, 5.74) is 1.57. The Hall–Kier alpha value is -2.73. The minimum atomic E-state index is -0.443. The van der Waals surface area contributed by atoms with E-state index < -0.39 is 5.97 Å². The molecule has 0 spiro atoms. The van der Waals surface area contributed by atoms with Crippen molar-refractivity contribution in [2.75, 3.05) is 31.1 Å². The maximum atomic E-state index is 12.4. The molecule has 7 heteroatoms. The molecule has 25 heavy (non-hydrogen) atoms. The Morgan fingerprint density at radius 2 is 1.68 bits per heavy atom. The zero-order valence-corrected chi connectivity index (χ0v) is 14.3. The maximum Gasteiger partial charge on any atom is 0.337 e. The third-order valence-corrected chi connectivity index (χ3v) is 3.92. The number of alkyl halides is 1. The van der Waals surface area contributed by atoms with Crippen LogP contribution in [-0.2, 0) is 9.53 Å². The molecule has 0 aliphatic carbocycles. The number of benzene rings is 2. The second kappa shape index (κ2) is 7.44. The van der Waals surface area contributed by atoms with Gasteiger partial charge in [0, 0.05) is 11.8 Å². The van der Waals surface area contributed by atoms with Crippen LogP contribution in [0.2, 0.25) is 0 Å². The van der Waals surface area contributed by atoms with Crippen molar-refractivity contribution in [1.29, 1.82) is 0 Å². The number of anilines is 2. The van der Waals surface area contributed by atoms with E-state index in [0.717, 1.165) is 0 Å². The molecule has 1 aliphatic rings. The van der Waals surface area contributed by atoms with E-state index >= 15 is 0 Å². The molecular weight excluding hydrogens is 346 g/mol. The van der Waals surface area contributed by atoms with Crippen LogP contribution in [0.4, 0.5) is 11.4 Å². The van der Waals surface area contributed by atoms with Crippen molar-refractivity contribution in [3.63, 3.8) is 0 Å². The molecule has 0 bridgehead atoms. The van der Waals surface area contributed by atoms with Crippen molar-refractivity contribution in [3.05, 3.63) is 48.0 Å². The highest BCUT2D eigenvalue weighted by Gasteiger charge is 2.21. The topological polar surface area (TPSA) is 65.1 Å². The second-order valence-electron chi connectivity index (χ2n) is 5.23. The van der Waals surface area contributed by atoms with Crippen LogP contribution in [0.25, 0.3) is 0 Å². The molecular formula is C18H16ClNO5. The standard InChI is InChI=1S/C18H16ClNO5/c1-23-18(22)12-2-4-13(5-3-12)20(17(21)11-19)14-6-7-15-16(10-14)25-9-8-24-15/h2-7,10H,8-9,11H2,1H3. The van der Waals surface area contributed by atoms with Gasteiger partial charge in [-0.3, -0.25) is 9.69 Å². The molecule has 0 saturated carbocycles. The van der Waals surface area contributed by atoms with Crippen LogP contribution in [0.1, 0.15) is 10.4 Å². The molecule has 1 heterocycles. The summed E-state index contributed by atoms with van der Waals surface area (Å²) >= 11 is 5.77. The minimum absolute atomic E-state index is 0.187. The number of esters is 1. The van der Waals surface area contributed by atoms with Crippen LogP contribution < -0.4 is 14.4 Å². The molecule has 6 nitrogen and oxygen atoms in total. The highest BCUT2D eigenvalue weighted by Crippen LogP contribution is 2.36. The summed E-state index contributed by atoms with van der Waals surface area (Å²) in [5, 5.41) is 0. The molecule has 0 saturated heterocycles. The van der Waals surface area contributed by atoms with Crippen molar-refractivity contribution in [1.82, 2.24) is 0 Å². The van der Waals surface area contributed by atoms with E-state index in [9.17, 15) is 9.59 Å². The number of nitrogens with zero attached hydrogens (tertiary/aromatic N) is 1. The number of hydrogen-bond donors (Lipinski definition) is 0. The second-order valence-corrected chi connectivity index (χ2v) is 5.50. The molecule has 130 valence electrons. The molecule has 1 aliphatic heterocycles. The van der Waals surface area contributed by atoms with Crippen LogP contribution in [0, 0.1) is 0 Å². The number of methoxy groups -OCH3 is 1. The molecule has 0 atom stereocenters. The lowest BCUT2D eigenvalue weighted by Gasteiger charge is -2.25. The van der Waals surface area contributed by atoms with E-state index in [-0.39, 0.29) is 11.8 Å². The number of amides is 1. The van der Waals surface area contributed by atoms with Crippen LogP contribution in [-0.4, -0.2) is 38.1 Å². The van der Waals surface area contributed by atoms with Crippen LogP contribution in [0.5, 0.6) is 11.5 Å². The van der Waals surface area contributed by atoms with Gasteiger partial charge in [-0.05, 0) is 36.4 Å². The maximum absolute atomic E-state index is 12.4. The third kappa shape index (κ3) is 3.53. The average Bonchev–Trinajstić information content (AvgIpc) is 2.67. The van der Waals surface area contributed by atoms with Gasteiger partial charge in [-0.1, -0.05) is 0 Å². The quantitative estimate of drug-likeness (QED) is 0.618. The normalized spacial score (nSPS) is 12.4. The van der Waals surface area contributed by atoms with Crippen LogP contribution in [0.3, 0.4) is 0 Å². The fourth-order valence-electron chi connectivity index (χ4n) is 2.53. The number of ether oxygens (including phenoxy) is 3. The van der Waals surface area contributed by atoms with Gasteiger partial charge in [0.1, 0.15) is 19.1 Å². The van der Waals surface area contributed by atoms with Crippen molar-refractivity contribution in [2.45, 2.75) is 0 Å². The fraction of sp³-hybridized carbons (Fsp3) is 0.222. The van der Waals surface area contributed by atoms with Gasteiger partial charge in [0.25, 0.3) is 0 Å². The predicted molar refractivity (Wildman–Crippen MR) is 93.1 cm³/mol. The first-order valence-electron chi connectivity index (χ1n) is 7.61. The van der Waals surface area contributed by atoms with Gasteiger partial charge in [0.2, 0.25) is 5.91 Å². The first-order valence-corrected chi connectivity index (χ1v) is 8.14. The lowest BCUT2D eigenvalue weighted by atomic mass is 10.1. The summed E-state index contributed by atoms with van der Waals surface area (Å²) in [7, 11) is 1.31. The molecule has 3 rings (SSSR count). The first-order chi connectivity index (χ1) is 12.1. The number of carbonyl (C=O) groups is 2. The summed E-state index contributed by atoms with van der Waals surface area (Å²) < 4.78 is 15.8. The van der Waals surface area contributed by atoms with E-state index in [0.29, 0.717) is 41.7 Å². The van der Waals surface area contributed by atoms with Gasteiger partial charge < -0.3 is 14.2 Å². The molecule has 0 unspecified atom stereocenters. The molecule has 0 aromatic heterocycles. The number of halogens is 1. The molecule has 2 aromatic rings. The zero-order valence-electron chi connectivity index (χ0n) is 13.5.